The van der Waals surface area contributed by atoms with Gasteiger partial charge in [-0.2, -0.15) is 9.57 Å². The van der Waals surface area contributed by atoms with Gasteiger partial charge in [0.15, 0.2) is 0 Å². The first-order valence-electron chi connectivity index (χ1n) is 6.91. The Morgan fingerprint density at radius 3 is 2.86 bits per heavy atom. The molecular weight excluding hydrogens is 326 g/mol. The molecule has 2 rings (SSSR count). The molecule has 1 aromatic carbocycles. The third-order valence-electron chi connectivity index (χ3n) is 3.49. The molecule has 0 saturated carbocycles. The molecule has 22 heavy (non-hydrogen) atoms. The predicted molar refractivity (Wildman–Crippen MR) is 81.8 cm³/mol. The number of piperazine rings is 1. The fourth-order valence-corrected chi connectivity index (χ4v) is 4.39. The number of carbonyl (C=O) groups excluding carboxylic acids is 1. The average Bonchev–Trinajstić information content (AvgIpc) is 2.48. The van der Waals surface area contributed by atoms with Crippen molar-refractivity contribution in [3.05, 3.63) is 28.8 Å². The van der Waals surface area contributed by atoms with E-state index in [1.165, 1.54) is 22.5 Å². The third kappa shape index (κ3) is 3.09. The van der Waals surface area contributed by atoms with Crippen LogP contribution in [0.3, 0.4) is 0 Å². The Labute approximate surface area is 134 Å². The van der Waals surface area contributed by atoms with Gasteiger partial charge in [0.05, 0.1) is 5.56 Å². The SMILES string of the molecule is CCCC1C(=O)NCCN1S(=O)(=O)c1ccc(Cl)cc1C#N. The number of nitriles is 1. The van der Waals surface area contributed by atoms with E-state index in [1.807, 2.05) is 13.0 Å². The molecule has 0 spiro atoms. The van der Waals surface area contributed by atoms with Crippen molar-refractivity contribution < 1.29 is 13.2 Å². The highest BCUT2D eigenvalue weighted by atomic mass is 35.5. The Morgan fingerprint density at radius 2 is 2.23 bits per heavy atom. The van der Waals surface area contributed by atoms with Gasteiger partial charge < -0.3 is 5.32 Å². The average molecular weight is 342 g/mol. The zero-order chi connectivity index (χ0) is 16.3. The van der Waals surface area contributed by atoms with E-state index >= 15 is 0 Å². The van der Waals surface area contributed by atoms with Crippen LogP contribution in [0.15, 0.2) is 23.1 Å². The van der Waals surface area contributed by atoms with Crippen LogP contribution in [0.1, 0.15) is 25.3 Å². The molecule has 0 radical (unpaired) electrons. The minimum Gasteiger partial charge on any atom is -0.353 e. The second-order valence-electron chi connectivity index (χ2n) is 4.96. The van der Waals surface area contributed by atoms with Crippen molar-refractivity contribution in [2.45, 2.75) is 30.7 Å². The summed E-state index contributed by atoms with van der Waals surface area (Å²) in [6.45, 7) is 2.33. The van der Waals surface area contributed by atoms with E-state index in [1.54, 1.807) is 0 Å². The Hall–Kier alpha value is -1.62. The number of amides is 1. The Balaban J connectivity index is 2.49. The van der Waals surface area contributed by atoms with Gasteiger partial charge in [0.2, 0.25) is 15.9 Å². The van der Waals surface area contributed by atoms with Gasteiger partial charge in [-0.15, -0.1) is 0 Å². The van der Waals surface area contributed by atoms with Gasteiger partial charge in [-0.3, -0.25) is 4.79 Å². The van der Waals surface area contributed by atoms with Gasteiger partial charge in [0.1, 0.15) is 17.0 Å². The largest absolute Gasteiger partial charge is 0.353 e. The molecule has 1 aliphatic rings. The first-order chi connectivity index (χ1) is 10.4. The summed E-state index contributed by atoms with van der Waals surface area (Å²) in [6.07, 6.45) is 1.11. The van der Waals surface area contributed by atoms with E-state index in [9.17, 15) is 13.2 Å². The van der Waals surface area contributed by atoms with Crippen molar-refractivity contribution in [1.29, 1.82) is 5.26 Å². The number of halogens is 1. The van der Waals surface area contributed by atoms with Crippen LogP contribution < -0.4 is 5.32 Å². The number of carbonyl (C=O) groups is 1. The van der Waals surface area contributed by atoms with Crippen LogP contribution in [-0.4, -0.2) is 37.8 Å². The van der Waals surface area contributed by atoms with Gasteiger partial charge in [-0.25, -0.2) is 8.42 Å². The van der Waals surface area contributed by atoms with Crippen LogP contribution in [0.25, 0.3) is 0 Å². The summed E-state index contributed by atoms with van der Waals surface area (Å²) < 4.78 is 26.9. The lowest BCUT2D eigenvalue weighted by Gasteiger charge is -2.34. The predicted octanol–water partition coefficient (Wildman–Crippen LogP) is 1.50. The minimum atomic E-state index is -3.93. The van der Waals surface area contributed by atoms with Crippen molar-refractivity contribution in [3.8, 4) is 6.07 Å². The van der Waals surface area contributed by atoms with Crippen molar-refractivity contribution in [3.63, 3.8) is 0 Å². The standard InChI is InChI=1S/C14H16ClN3O3S/c1-2-3-12-14(19)17-6-7-18(12)22(20,21)13-5-4-11(15)8-10(13)9-16/h4-5,8,12H,2-3,6-7H2,1H3,(H,17,19). The van der Waals surface area contributed by atoms with Crippen molar-refractivity contribution in [1.82, 2.24) is 9.62 Å². The number of nitrogens with one attached hydrogen (secondary N) is 1. The van der Waals surface area contributed by atoms with Gasteiger partial charge in [-0.1, -0.05) is 24.9 Å². The lowest BCUT2D eigenvalue weighted by Crippen LogP contribution is -2.57. The van der Waals surface area contributed by atoms with Crippen LogP contribution in [0.5, 0.6) is 0 Å². The highest BCUT2D eigenvalue weighted by molar-refractivity contribution is 7.89. The van der Waals surface area contributed by atoms with Gasteiger partial charge >= 0.3 is 0 Å². The zero-order valence-electron chi connectivity index (χ0n) is 12.0. The summed E-state index contributed by atoms with van der Waals surface area (Å²) in [4.78, 5) is 11.9. The molecule has 1 fully saturated rings. The highest BCUT2D eigenvalue weighted by Crippen LogP contribution is 2.26. The molecular formula is C14H16ClN3O3S. The fraction of sp³-hybridized carbons (Fsp3) is 0.429. The third-order valence-corrected chi connectivity index (χ3v) is 5.69. The van der Waals surface area contributed by atoms with Crippen molar-refractivity contribution in [2.24, 2.45) is 0 Å². The zero-order valence-corrected chi connectivity index (χ0v) is 13.6. The quantitative estimate of drug-likeness (QED) is 0.898. The second-order valence-corrected chi connectivity index (χ2v) is 7.26. The molecule has 0 bridgehead atoms. The maximum Gasteiger partial charge on any atom is 0.245 e. The molecule has 0 aromatic heterocycles. The van der Waals surface area contributed by atoms with E-state index < -0.39 is 16.1 Å². The monoisotopic (exact) mass is 341 g/mol. The molecule has 1 heterocycles. The van der Waals surface area contributed by atoms with Crippen LogP contribution in [0.4, 0.5) is 0 Å². The van der Waals surface area contributed by atoms with E-state index in [0.717, 1.165) is 0 Å². The summed E-state index contributed by atoms with van der Waals surface area (Å²) >= 11 is 5.81. The normalized spacial score (nSPS) is 19.5. The summed E-state index contributed by atoms with van der Waals surface area (Å²) in [6, 6.07) is 5.15. The molecule has 8 heteroatoms. The first-order valence-corrected chi connectivity index (χ1v) is 8.72. The Bertz CT molecular complexity index is 727. The number of nitrogens with zero attached hydrogens (tertiary/aromatic N) is 2. The van der Waals surface area contributed by atoms with E-state index in [0.29, 0.717) is 12.8 Å². The van der Waals surface area contributed by atoms with Crippen LogP contribution >= 0.6 is 11.6 Å². The molecule has 1 aromatic rings. The highest BCUT2D eigenvalue weighted by Gasteiger charge is 2.38. The van der Waals surface area contributed by atoms with E-state index in [-0.39, 0.29) is 34.5 Å². The minimum absolute atomic E-state index is 0.0197. The molecule has 1 amide bonds. The summed E-state index contributed by atoms with van der Waals surface area (Å²) in [5.41, 5.74) is -0.0197. The summed E-state index contributed by atoms with van der Waals surface area (Å²) in [5, 5.41) is 12.1. The lowest BCUT2D eigenvalue weighted by molar-refractivity contribution is -0.126. The van der Waals surface area contributed by atoms with Gasteiger partial charge in [0.25, 0.3) is 0 Å². The Kier molecular flexibility index (Phi) is 5.06. The number of sulfonamides is 1. The molecule has 118 valence electrons. The maximum atomic E-state index is 12.9. The molecule has 1 unspecified atom stereocenters. The van der Waals surface area contributed by atoms with Crippen LogP contribution in [0.2, 0.25) is 5.02 Å². The number of rotatable bonds is 4. The van der Waals surface area contributed by atoms with Crippen LogP contribution in [-0.2, 0) is 14.8 Å². The molecule has 1 N–H and O–H groups in total. The van der Waals surface area contributed by atoms with Crippen molar-refractivity contribution >= 4 is 27.5 Å². The molecule has 0 aliphatic carbocycles. The van der Waals surface area contributed by atoms with Crippen molar-refractivity contribution in [2.75, 3.05) is 13.1 Å². The number of hydrogen-bond acceptors (Lipinski definition) is 4. The molecule has 1 saturated heterocycles. The van der Waals surface area contributed by atoms with E-state index in [4.69, 9.17) is 16.9 Å². The number of benzene rings is 1. The number of hydrogen-bond donors (Lipinski definition) is 1. The van der Waals surface area contributed by atoms with Gasteiger partial charge in [0, 0.05) is 18.1 Å². The topological polar surface area (TPSA) is 90.3 Å². The van der Waals surface area contributed by atoms with Gasteiger partial charge in [-0.05, 0) is 24.6 Å². The Morgan fingerprint density at radius 1 is 1.50 bits per heavy atom. The lowest BCUT2D eigenvalue weighted by atomic mass is 10.1. The molecule has 6 nitrogen and oxygen atoms in total. The summed E-state index contributed by atoms with van der Waals surface area (Å²) in [5.74, 6) is -0.302. The molecule has 1 atom stereocenters. The summed E-state index contributed by atoms with van der Waals surface area (Å²) in [7, 11) is -3.93. The smallest absolute Gasteiger partial charge is 0.245 e. The molecule has 1 aliphatic heterocycles. The second kappa shape index (κ2) is 6.65. The van der Waals surface area contributed by atoms with Crippen LogP contribution in [0, 0.1) is 11.3 Å². The fourth-order valence-electron chi connectivity index (χ4n) is 2.47. The first kappa shape index (κ1) is 16.7. The maximum absolute atomic E-state index is 12.9. The van der Waals surface area contributed by atoms with E-state index in [2.05, 4.69) is 5.32 Å².